The van der Waals surface area contributed by atoms with E-state index >= 15 is 0 Å². The zero-order valence-corrected chi connectivity index (χ0v) is 13.2. The van der Waals surface area contributed by atoms with Gasteiger partial charge in [-0.1, -0.05) is 12.1 Å². The molecule has 3 N–H and O–H groups in total. The van der Waals surface area contributed by atoms with Gasteiger partial charge in [-0.3, -0.25) is 4.79 Å². The molecule has 0 saturated heterocycles. The van der Waals surface area contributed by atoms with Gasteiger partial charge in [0.05, 0.1) is 28.7 Å². The predicted molar refractivity (Wildman–Crippen MR) is 83.6 cm³/mol. The fourth-order valence-corrected chi connectivity index (χ4v) is 2.85. The van der Waals surface area contributed by atoms with Crippen molar-refractivity contribution in [2.24, 2.45) is 5.73 Å². The molecule has 1 aromatic carbocycles. The summed E-state index contributed by atoms with van der Waals surface area (Å²) in [5.41, 5.74) is 6.47. The van der Waals surface area contributed by atoms with Gasteiger partial charge in [0.1, 0.15) is 0 Å². The molecule has 1 unspecified atom stereocenters. The molecule has 1 amide bonds. The molecular weight excluding hydrogens is 304 g/mol. The Labute approximate surface area is 129 Å². The van der Waals surface area contributed by atoms with Crippen LogP contribution in [0.25, 0.3) is 5.69 Å². The molecule has 118 valence electrons. The van der Waals surface area contributed by atoms with Crippen LogP contribution < -0.4 is 11.1 Å². The SMILES string of the molecule is CC(N)CC(=O)Nc1cnn(-c2ccccc2S(C)(=O)=O)c1. The average Bonchev–Trinajstić information content (AvgIpc) is 2.85. The van der Waals surface area contributed by atoms with Gasteiger partial charge in [0.25, 0.3) is 0 Å². The van der Waals surface area contributed by atoms with E-state index in [4.69, 9.17) is 5.73 Å². The van der Waals surface area contributed by atoms with E-state index in [1.54, 1.807) is 31.3 Å². The molecule has 7 nitrogen and oxygen atoms in total. The van der Waals surface area contributed by atoms with E-state index in [2.05, 4.69) is 10.4 Å². The molecule has 2 rings (SSSR count). The van der Waals surface area contributed by atoms with Gasteiger partial charge in [-0.2, -0.15) is 5.10 Å². The van der Waals surface area contributed by atoms with Gasteiger partial charge in [-0.15, -0.1) is 0 Å². The van der Waals surface area contributed by atoms with Crippen LogP contribution in [0.5, 0.6) is 0 Å². The molecule has 2 aromatic rings. The lowest BCUT2D eigenvalue weighted by molar-refractivity contribution is -0.116. The third kappa shape index (κ3) is 3.92. The second kappa shape index (κ2) is 6.29. The lowest BCUT2D eigenvalue weighted by atomic mass is 10.2. The summed E-state index contributed by atoms with van der Waals surface area (Å²) in [6, 6.07) is 6.30. The Morgan fingerprint density at radius 3 is 2.73 bits per heavy atom. The Balaban J connectivity index is 2.28. The fourth-order valence-electron chi connectivity index (χ4n) is 1.98. The number of carbonyl (C=O) groups excluding carboxylic acids is 1. The minimum Gasteiger partial charge on any atom is -0.327 e. The third-order valence-corrected chi connectivity index (χ3v) is 4.03. The number of anilines is 1. The van der Waals surface area contributed by atoms with Crippen molar-refractivity contribution in [3.63, 3.8) is 0 Å². The number of hydrogen-bond acceptors (Lipinski definition) is 5. The van der Waals surface area contributed by atoms with Crippen molar-refractivity contribution in [1.82, 2.24) is 9.78 Å². The summed E-state index contributed by atoms with van der Waals surface area (Å²) in [4.78, 5) is 11.8. The Kier molecular flexibility index (Phi) is 4.62. The minimum absolute atomic E-state index is 0.173. The largest absolute Gasteiger partial charge is 0.327 e. The molecule has 1 heterocycles. The number of nitrogens with two attached hydrogens (primary N) is 1. The van der Waals surface area contributed by atoms with Crippen molar-refractivity contribution in [1.29, 1.82) is 0 Å². The lowest BCUT2D eigenvalue weighted by Crippen LogP contribution is -2.23. The van der Waals surface area contributed by atoms with Crippen molar-refractivity contribution >= 4 is 21.4 Å². The molecule has 22 heavy (non-hydrogen) atoms. The highest BCUT2D eigenvalue weighted by Crippen LogP contribution is 2.20. The van der Waals surface area contributed by atoms with E-state index in [-0.39, 0.29) is 23.3 Å². The molecule has 0 bridgehead atoms. The maximum absolute atomic E-state index is 11.8. The van der Waals surface area contributed by atoms with Crippen LogP contribution in [-0.2, 0) is 14.6 Å². The smallest absolute Gasteiger partial charge is 0.226 e. The van der Waals surface area contributed by atoms with Crippen LogP contribution in [-0.4, -0.2) is 36.4 Å². The van der Waals surface area contributed by atoms with E-state index < -0.39 is 9.84 Å². The second-order valence-corrected chi connectivity index (χ2v) is 7.13. The highest BCUT2D eigenvalue weighted by Gasteiger charge is 2.15. The number of amides is 1. The highest BCUT2D eigenvalue weighted by molar-refractivity contribution is 7.90. The van der Waals surface area contributed by atoms with Crippen LogP contribution in [0.2, 0.25) is 0 Å². The molecule has 0 aliphatic rings. The van der Waals surface area contributed by atoms with Crippen LogP contribution >= 0.6 is 0 Å². The van der Waals surface area contributed by atoms with E-state index in [0.717, 1.165) is 6.26 Å². The van der Waals surface area contributed by atoms with Gasteiger partial charge in [0.15, 0.2) is 9.84 Å². The molecule has 1 aromatic heterocycles. The average molecular weight is 322 g/mol. The van der Waals surface area contributed by atoms with Gasteiger partial charge >= 0.3 is 0 Å². The molecule has 0 saturated carbocycles. The molecule has 8 heteroatoms. The van der Waals surface area contributed by atoms with E-state index in [1.165, 1.54) is 16.9 Å². The Morgan fingerprint density at radius 1 is 1.41 bits per heavy atom. The number of rotatable bonds is 5. The van der Waals surface area contributed by atoms with Crippen LogP contribution in [0.15, 0.2) is 41.6 Å². The van der Waals surface area contributed by atoms with Gasteiger partial charge in [0, 0.05) is 18.7 Å². The second-order valence-electron chi connectivity index (χ2n) is 5.14. The Bertz CT molecular complexity index is 781. The standard InChI is InChI=1S/C14H18N4O3S/c1-10(15)7-14(19)17-11-8-16-18(9-11)12-5-3-4-6-13(12)22(2,20)21/h3-6,8-10H,7,15H2,1-2H3,(H,17,19). The number of sulfone groups is 1. The maximum Gasteiger partial charge on any atom is 0.226 e. The third-order valence-electron chi connectivity index (χ3n) is 2.89. The van der Waals surface area contributed by atoms with E-state index in [1.807, 2.05) is 0 Å². The number of nitrogens with one attached hydrogen (secondary N) is 1. The first-order valence-electron chi connectivity index (χ1n) is 6.67. The Morgan fingerprint density at radius 2 is 2.09 bits per heavy atom. The van der Waals surface area contributed by atoms with Gasteiger partial charge < -0.3 is 11.1 Å². The van der Waals surface area contributed by atoms with Crippen molar-refractivity contribution in [3.05, 3.63) is 36.7 Å². The number of nitrogens with zero attached hydrogens (tertiary/aromatic N) is 2. The fraction of sp³-hybridized carbons (Fsp3) is 0.286. The van der Waals surface area contributed by atoms with Crippen LogP contribution in [0, 0.1) is 0 Å². The normalized spacial score (nSPS) is 12.9. The zero-order valence-electron chi connectivity index (χ0n) is 12.4. The summed E-state index contributed by atoms with van der Waals surface area (Å²) in [6.07, 6.45) is 4.35. The minimum atomic E-state index is -3.38. The summed E-state index contributed by atoms with van der Waals surface area (Å²) in [6.45, 7) is 1.74. The van der Waals surface area contributed by atoms with Crippen molar-refractivity contribution in [2.75, 3.05) is 11.6 Å². The number of benzene rings is 1. The first-order chi connectivity index (χ1) is 10.3. The summed E-state index contributed by atoms with van der Waals surface area (Å²) >= 11 is 0. The lowest BCUT2D eigenvalue weighted by Gasteiger charge is -2.07. The summed E-state index contributed by atoms with van der Waals surface area (Å²) in [7, 11) is -3.38. The number of aromatic nitrogens is 2. The molecule has 0 fully saturated rings. The first kappa shape index (κ1) is 16.2. The number of para-hydroxylation sites is 1. The van der Waals surface area contributed by atoms with Crippen molar-refractivity contribution < 1.29 is 13.2 Å². The summed E-state index contributed by atoms with van der Waals surface area (Å²) < 4.78 is 25.0. The zero-order chi connectivity index (χ0) is 16.3. The van der Waals surface area contributed by atoms with Crippen LogP contribution in [0.3, 0.4) is 0 Å². The van der Waals surface area contributed by atoms with Crippen LogP contribution in [0.1, 0.15) is 13.3 Å². The van der Waals surface area contributed by atoms with Crippen molar-refractivity contribution in [2.45, 2.75) is 24.3 Å². The summed E-state index contributed by atoms with van der Waals surface area (Å²) in [5, 5.41) is 6.77. The monoisotopic (exact) mass is 322 g/mol. The number of hydrogen-bond donors (Lipinski definition) is 2. The topological polar surface area (TPSA) is 107 Å². The molecule has 0 radical (unpaired) electrons. The van der Waals surface area contributed by atoms with Gasteiger partial charge in [0.2, 0.25) is 5.91 Å². The molecule has 0 spiro atoms. The molecule has 0 aliphatic carbocycles. The van der Waals surface area contributed by atoms with Gasteiger partial charge in [-0.05, 0) is 19.1 Å². The summed E-state index contributed by atoms with van der Waals surface area (Å²) in [5.74, 6) is -0.217. The maximum atomic E-state index is 11.8. The molecule has 1 atom stereocenters. The molecule has 0 aliphatic heterocycles. The quantitative estimate of drug-likeness (QED) is 0.852. The first-order valence-corrected chi connectivity index (χ1v) is 8.56. The van der Waals surface area contributed by atoms with Crippen molar-refractivity contribution in [3.8, 4) is 5.69 Å². The number of carbonyl (C=O) groups is 1. The van der Waals surface area contributed by atoms with E-state index in [9.17, 15) is 13.2 Å². The predicted octanol–water partition coefficient (Wildman–Crippen LogP) is 0.952. The van der Waals surface area contributed by atoms with Crippen LogP contribution in [0.4, 0.5) is 5.69 Å². The van der Waals surface area contributed by atoms with Gasteiger partial charge in [-0.25, -0.2) is 13.1 Å². The molecular formula is C14H18N4O3S. The van der Waals surface area contributed by atoms with E-state index in [0.29, 0.717) is 11.4 Å². The Hall–Kier alpha value is -2.19. The highest BCUT2D eigenvalue weighted by atomic mass is 32.2.